The molecule has 9 nitrogen and oxygen atoms in total. The molecule has 0 radical (unpaired) electrons. The number of tetrazole rings is 1. The van der Waals surface area contributed by atoms with Crippen LogP contribution in [0.5, 0.6) is 0 Å². The molecule has 5 rings (SSSR count). The van der Waals surface area contributed by atoms with E-state index in [9.17, 15) is 0 Å². The van der Waals surface area contributed by atoms with E-state index in [1.807, 2.05) is 43.3 Å². The van der Waals surface area contributed by atoms with Crippen LogP contribution in [0.1, 0.15) is 25.1 Å². The molecule has 3 heterocycles. The first-order valence-corrected chi connectivity index (χ1v) is 12.3. The average Bonchev–Trinajstić information content (AvgIpc) is 3.45. The Labute approximate surface area is 216 Å². The summed E-state index contributed by atoms with van der Waals surface area (Å²) >= 11 is 0. The van der Waals surface area contributed by atoms with Crippen LogP contribution in [0.3, 0.4) is 0 Å². The summed E-state index contributed by atoms with van der Waals surface area (Å²) in [5.41, 5.74) is 5.55. The molecule has 0 fully saturated rings. The number of nitrogens with zero attached hydrogens (tertiary/aromatic N) is 7. The number of hydrogen-bond donors (Lipinski definition) is 2. The van der Waals surface area contributed by atoms with E-state index in [1.54, 1.807) is 12.4 Å². The monoisotopic (exact) mass is 491 g/mol. The van der Waals surface area contributed by atoms with Crippen molar-refractivity contribution in [2.24, 2.45) is 5.92 Å². The fraction of sp³-hybridized carbons (Fsp3) is 0.214. The van der Waals surface area contributed by atoms with Crippen LogP contribution in [0.15, 0.2) is 79.1 Å². The molecule has 2 N–H and O–H groups in total. The Morgan fingerprint density at radius 3 is 2.41 bits per heavy atom. The number of aromatic amines is 1. The van der Waals surface area contributed by atoms with E-state index in [0.717, 1.165) is 47.1 Å². The van der Waals surface area contributed by atoms with E-state index in [2.05, 4.69) is 85.0 Å². The van der Waals surface area contributed by atoms with Crippen molar-refractivity contribution in [3.63, 3.8) is 0 Å². The van der Waals surface area contributed by atoms with Crippen molar-refractivity contribution < 1.29 is 0 Å². The zero-order valence-corrected chi connectivity index (χ0v) is 21.1. The third kappa shape index (κ3) is 5.95. The highest BCUT2D eigenvalue weighted by Crippen LogP contribution is 2.33. The average molecular weight is 492 g/mol. The van der Waals surface area contributed by atoms with Crippen LogP contribution >= 0.6 is 0 Å². The Kier molecular flexibility index (Phi) is 7.12. The van der Waals surface area contributed by atoms with Gasteiger partial charge in [-0.05, 0) is 34.9 Å². The van der Waals surface area contributed by atoms with E-state index in [-0.39, 0.29) is 0 Å². The first-order chi connectivity index (χ1) is 18.0. The van der Waals surface area contributed by atoms with Gasteiger partial charge in [0.15, 0.2) is 5.82 Å². The van der Waals surface area contributed by atoms with Crippen LogP contribution in [-0.4, -0.2) is 42.1 Å². The predicted octanol–water partition coefficient (Wildman–Crippen LogP) is 5.43. The van der Waals surface area contributed by atoms with Gasteiger partial charge in [-0.15, -0.1) is 5.10 Å². The van der Waals surface area contributed by atoms with Gasteiger partial charge < -0.3 is 10.2 Å². The molecule has 0 amide bonds. The molecule has 0 saturated carbocycles. The zero-order valence-electron chi connectivity index (χ0n) is 21.1. The molecular formula is C28H29N9. The Hall–Kier alpha value is -4.66. The number of hydrogen-bond acceptors (Lipinski definition) is 8. The molecule has 2 aromatic carbocycles. The third-order valence-electron chi connectivity index (χ3n) is 5.79. The molecule has 0 aliphatic heterocycles. The van der Waals surface area contributed by atoms with Crippen molar-refractivity contribution in [3.8, 4) is 22.6 Å². The summed E-state index contributed by atoms with van der Waals surface area (Å²) < 4.78 is 0. The molecule has 3 aromatic heterocycles. The van der Waals surface area contributed by atoms with Crippen molar-refractivity contribution in [1.82, 2.24) is 35.6 Å². The number of nitrogens with one attached hydrogen (secondary N) is 2. The number of benzene rings is 2. The maximum absolute atomic E-state index is 5.15. The maximum atomic E-state index is 5.15. The van der Waals surface area contributed by atoms with Crippen LogP contribution in [0.25, 0.3) is 22.6 Å². The van der Waals surface area contributed by atoms with Gasteiger partial charge in [0, 0.05) is 36.0 Å². The Balaban J connectivity index is 1.61. The fourth-order valence-corrected chi connectivity index (χ4v) is 4.16. The minimum atomic E-state index is 0.445. The van der Waals surface area contributed by atoms with E-state index in [1.165, 1.54) is 5.56 Å². The molecule has 0 spiro atoms. The number of H-pyrrole nitrogens is 1. The van der Waals surface area contributed by atoms with Gasteiger partial charge in [-0.25, -0.2) is 15.1 Å². The largest absolute Gasteiger partial charge is 0.352 e. The third-order valence-corrected chi connectivity index (χ3v) is 5.79. The van der Waals surface area contributed by atoms with E-state index < -0.39 is 0 Å². The molecule has 0 aliphatic carbocycles. The number of anilines is 3. The van der Waals surface area contributed by atoms with Gasteiger partial charge in [-0.2, -0.15) is 0 Å². The van der Waals surface area contributed by atoms with Crippen LogP contribution in [0.2, 0.25) is 0 Å². The second-order valence-corrected chi connectivity index (χ2v) is 9.32. The van der Waals surface area contributed by atoms with E-state index in [0.29, 0.717) is 17.6 Å². The Morgan fingerprint density at radius 2 is 1.70 bits per heavy atom. The molecule has 37 heavy (non-hydrogen) atoms. The maximum Gasteiger partial charge on any atom is 0.180 e. The van der Waals surface area contributed by atoms with Gasteiger partial charge in [0.05, 0.1) is 23.8 Å². The lowest BCUT2D eigenvalue weighted by molar-refractivity contribution is 0.605. The highest BCUT2D eigenvalue weighted by Gasteiger charge is 2.17. The molecule has 0 unspecified atom stereocenters. The zero-order chi connectivity index (χ0) is 25.6. The van der Waals surface area contributed by atoms with Gasteiger partial charge in [0.25, 0.3) is 0 Å². The van der Waals surface area contributed by atoms with Gasteiger partial charge in [0.2, 0.25) is 0 Å². The minimum absolute atomic E-state index is 0.445. The molecule has 0 atom stereocenters. The topological polar surface area (TPSA) is 108 Å². The SMILES string of the molecule is Cc1cnc(Nc2cc(-c3ccccc3-c3nnn[nH]3)nc(N(Cc3ccccc3)CC(C)C)c2)cn1. The molecule has 0 aliphatic rings. The summed E-state index contributed by atoms with van der Waals surface area (Å²) in [5, 5.41) is 18.0. The Bertz CT molecular complexity index is 1430. The van der Waals surface area contributed by atoms with E-state index >= 15 is 0 Å². The molecule has 0 bridgehead atoms. The molecular weight excluding hydrogens is 462 g/mol. The van der Waals surface area contributed by atoms with Crippen molar-refractivity contribution in [1.29, 1.82) is 0 Å². The quantitative estimate of drug-likeness (QED) is 0.281. The van der Waals surface area contributed by atoms with Crippen molar-refractivity contribution in [2.45, 2.75) is 27.3 Å². The van der Waals surface area contributed by atoms with Gasteiger partial charge in [0.1, 0.15) is 11.6 Å². The highest BCUT2D eigenvalue weighted by atomic mass is 15.5. The first kappa shape index (κ1) is 24.1. The number of aryl methyl sites for hydroxylation is 1. The summed E-state index contributed by atoms with van der Waals surface area (Å²) in [5.74, 6) is 2.56. The lowest BCUT2D eigenvalue weighted by Crippen LogP contribution is -2.28. The molecule has 9 heteroatoms. The number of aromatic nitrogens is 7. The first-order valence-electron chi connectivity index (χ1n) is 12.3. The lowest BCUT2D eigenvalue weighted by atomic mass is 10.0. The molecule has 186 valence electrons. The van der Waals surface area contributed by atoms with Crippen LogP contribution in [0, 0.1) is 12.8 Å². The van der Waals surface area contributed by atoms with E-state index in [4.69, 9.17) is 4.98 Å². The molecule has 5 aromatic rings. The van der Waals surface area contributed by atoms with Gasteiger partial charge in [-0.3, -0.25) is 4.98 Å². The second kappa shape index (κ2) is 10.9. The van der Waals surface area contributed by atoms with Crippen molar-refractivity contribution in [2.75, 3.05) is 16.8 Å². The fourth-order valence-electron chi connectivity index (χ4n) is 4.16. The summed E-state index contributed by atoms with van der Waals surface area (Å²) in [4.78, 5) is 16.3. The summed E-state index contributed by atoms with van der Waals surface area (Å²) in [6, 6.07) is 22.5. The van der Waals surface area contributed by atoms with Crippen molar-refractivity contribution >= 4 is 17.3 Å². The van der Waals surface area contributed by atoms with Crippen LogP contribution in [-0.2, 0) is 6.54 Å². The predicted molar refractivity (Wildman–Crippen MR) is 145 cm³/mol. The summed E-state index contributed by atoms with van der Waals surface area (Å²) in [6.45, 7) is 7.95. The standard InChI is InChI=1S/C28H29N9/c1-19(2)17-37(18-21-9-5-4-6-10-21)27-14-22(31-26-16-29-20(3)15-30-26)13-25(32-27)23-11-7-8-12-24(23)28-33-35-36-34-28/h4-16,19H,17-18H2,1-3H3,(H,30,31,32)(H,33,34,35,36). The normalized spacial score (nSPS) is 11.0. The molecule has 0 saturated heterocycles. The second-order valence-electron chi connectivity index (χ2n) is 9.32. The number of pyridine rings is 1. The van der Waals surface area contributed by atoms with Crippen molar-refractivity contribution in [3.05, 3.63) is 90.4 Å². The highest BCUT2D eigenvalue weighted by molar-refractivity contribution is 5.81. The minimum Gasteiger partial charge on any atom is -0.352 e. The Morgan fingerprint density at radius 1 is 0.919 bits per heavy atom. The van der Waals surface area contributed by atoms with Crippen LogP contribution in [0.4, 0.5) is 17.3 Å². The van der Waals surface area contributed by atoms with Gasteiger partial charge in [-0.1, -0.05) is 68.4 Å². The summed E-state index contributed by atoms with van der Waals surface area (Å²) in [7, 11) is 0. The van der Waals surface area contributed by atoms with Gasteiger partial charge >= 0.3 is 0 Å². The lowest BCUT2D eigenvalue weighted by Gasteiger charge is -2.27. The number of rotatable bonds is 9. The smallest absolute Gasteiger partial charge is 0.180 e. The van der Waals surface area contributed by atoms with Crippen LogP contribution < -0.4 is 10.2 Å². The summed E-state index contributed by atoms with van der Waals surface area (Å²) in [6.07, 6.45) is 3.48.